The zero-order valence-electron chi connectivity index (χ0n) is 11.8. The van der Waals surface area contributed by atoms with Crippen molar-refractivity contribution in [3.63, 3.8) is 0 Å². The highest BCUT2D eigenvalue weighted by molar-refractivity contribution is 5.35. The van der Waals surface area contributed by atoms with Crippen LogP contribution in [0.1, 0.15) is 27.9 Å². The molecule has 4 rings (SSSR count). The number of benzene rings is 1. The first-order valence-corrected chi connectivity index (χ1v) is 7.22. The van der Waals surface area contributed by atoms with Gasteiger partial charge in [-0.1, -0.05) is 24.3 Å². The lowest BCUT2D eigenvalue weighted by atomic mass is 10.1. The number of nitrogens with zero attached hydrogens (tertiary/aromatic N) is 3. The van der Waals surface area contributed by atoms with Crippen LogP contribution in [-0.4, -0.2) is 21.8 Å². The van der Waals surface area contributed by atoms with E-state index in [0.29, 0.717) is 0 Å². The van der Waals surface area contributed by atoms with Crippen LogP contribution >= 0.6 is 0 Å². The molecule has 2 aromatic rings. The molecule has 102 valence electrons. The molecule has 2 aliphatic heterocycles. The average Bonchev–Trinajstić information content (AvgIpc) is 2.99. The Morgan fingerprint density at radius 1 is 1.00 bits per heavy atom. The van der Waals surface area contributed by atoms with Gasteiger partial charge in [0.1, 0.15) is 0 Å². The fourth-order valence-corrected chi connectivity index (χ4v) is 3.35. The molecule has 2 aliphatic rings. The fourth-order valence-electron chi connectivity index (χ4n) is 3.35. The summed E-state index contributed by atoms with van der Waals surface area (Å²) in [6, 6.07) is 11.2. The van der Waals surface area contributed by atoms with Gasteiger partial charge < -0.3 is 0 Å². The third kappa shape index (κ3) is 2.13. The van der Waals surface area contributed by atoms with Crippen LogP contribution in [0.25, 0.3) is 0 Å². The summed E-state index contributed by atoms with van der Waals surface area (Å²) < 4.78 is 0. The summed E-state index contributed by atoms with van der Waals surface area (Å²) in [6.07, 6.45) is 1.90. The van der Waals surface area contributed by atoms with E-state index in [4.69, 9.17) is 0 Å². The molecular weight excluding hydrogens is 246 g/mol. The summed E-state index contributed by atoms with van der Waals surface area (Å²) in [4.78, 5) is 9.31. The molecule has 0 spiro atoms. The molecule has 0 saturated heterocycles. The minimum atomic E-state index is 0.979. The molecule has 3 heterocycles. The maximum atomic E-state index is 4.47. The summed E-state index contributed by atoms with van der Waals surface area (Å²) in [5.41, 5.74) is 7.04. The van der Waals surface area contributed by atoms with Crippen molar-refractivity contribution < 1.29 is 0 Å². The second-order valence-electron chi connectivity index (χ2n) is 6.03. The first kappa shape index (κ1) is 12.1. The largest absolute Gasteiger partial charge is 0.298 e. The minimum Gasteiger partial charge on any atom is -0.298 e. The monoisotopic (exact) mass is 265 g/mol. The Labute approximate surface area is 119 Å². The van der Waals surface area contributed by atoms with Gasteiger partial charge in [0.05, 0.1) is 5.69 Å². The lowest BCUT2D eigenvalue weighted by Crippen LogP contribution is -2.15. The average molecular weight is 265 g/mol. The van der Waals surface area contributed by atoms with Crippen molar-refractivity contribution in [3.8, 4) is 0 Å². The van der Waals surface area contributed by atoms with Crippen molar-refractivity contribution in [1.29, 1.82) is 0 Å². The number of fused-ring (bicyclic) bond motifs is 2. The Kier molecular flexibility index (Phi) is 2.83. The standard InChI is InChI=1S/C17H19N3/c1-19-9-14-5-4-13(7-16(14)10-19)8-20-11-15-3-2-6-18-17(15)12-20/h2-7H,8-12H2,1H3. The molecule has 0 aliphatic carbocycles. The molecule has 0 N–H and O–H groups in total. The van der Waals surface area contributed by atoms with E-state index < -0.39 is 0 Å². The summed E-state index contributed by atoms with van der Waals surface area (Å²) in [5.74, 6) is 0. The summed E-state index contributed by atoms with van der Waals surface area (Å²) in [6.45, 7) is 5.21. The van der Waals surface area contributed by atoms with Gasteiger partial charge in [-0.2, -0.15) is 0 Å². The van der Waals surface area contributed by atoms with E-state index in [9.17, 15) is 0 Å². The van der Waals surface area contributed by atoms with Gasteiger partial charge in [0.25, 0.3) is 0 Å². The Morgan fingerprint density at radius 2 is 1.90 bits per heavy atom. The summed E-state index contributed by atoms with van der Waals surface area (Å²) in [5, 5.41) is 0. The number of pyridine rings is 1. The molecule has 0 bridgehead atoms. The third-order valence-electron chi connectivity index (χ3n) is 4.31. The zero-order valence-corrected chi connectivity index (χ0v) is 11.8. The Hall–Kier alpha value is -1.71. The van der Waals surface area contributed by atoms with Crippen molar-refractivity contribution >= 4 is 0 Å². The number of hydrogen-bond donors (Lipinski definition) is 0. The highest BCUT2D eigenvalue weighted by Crippen LogP contribution is 2.25. The van der Waals surface area contributed by atoms with E-state index in [0.717, 1.165) is 32.7 Å². The van der Waals surface area contributed by atoms with E-state index in [1.165, 1.54) is 27.9 Å². The summed E-state index contributed by atoms with van der Waals surface area (Å²) >= 11 is 0. The maximum absolute atomic E-state index is 4.47. The second-order valence-corrected chi connectivity index (χ2v) is 6.03. The molecule has 3 heteroatoms. The van der Waals surface area contributed by atoms with Gasteiger partial charge >= 0.3 is 0 Å². The molecule has 20 heavy (non-hydrogen) atoms. The number of rotatable bonds is 2. The molecule has 0 saturated carbocycles. The van der Waals surface area contributed by atoms with Gasteiger partial charge in [-0.05, 0) is 35.4 Å². The Morgan fingerprint density at radius 3 is 2.80 bits per heavy atom. The lowest BCUT2D eigenvalue weighted by Gasteiger charge is -2.15. The first-order chi connectivity index (χ1) is 9.78. The van der Waals surface area contributed by atoms with Crippen LogP contribution in [0.2, 0.25) is 0 Å². The van der Waals surface area contributed by atoms with Gasteiger partial charge in [-0.3, -0.25) is 14.8 Å². The van der Waals surface area contributed by atoms with Crippen molar-refractivity contribution in [2.45, 2.75) is 32.7 Å². The summed E-state index contributed by atoms with van der Waals surface area (Å²) in [7, 11) is 2.18. The highest BCUT2D eigenvalue weighted by atomic mass is 15.2. The number of hydrogen-bond acceptors (Lipinski definition) is 3. The molecular formula is C17H19N3. The van der Waals surface area contributed by atoms with Gasteiger partial charge in [-0.15, -0.1) is 0 Å². The van der Waals surface area contributed by atoms with Crippen molar-refractivity contribution in [1.82, 2.24) is 14.8 Å². The van der Waals surface area contributed by atoms with Crippen LogP contribution < -0.4 is 0 Å². The quantitative estimate of drug-likeness (QED) is 0.832. The SMILES string of the molecule is CN1Cc2ccc(CN3Cc4cccnc4C3)cc2C1. The van der Waals surface area contributed by atoms with Crippen LogP contribution in [0.4, 0.5) is 0 Å². The van der Waals surface area contributed by atoms with Crippen molar-refractivity contribution in [3.05, 3.63) is 64.5 Å². The molecule has 1 aromatic carbocycles. The van der Waals surface area contributed by atoms with Crippen molar-refractivity contribution in [2.24, 2.45) is 0 Å². The van der Waals surface area contributed by atoms with E-state index in [-0.39, 0.29) is 0 Å². The van der Waals surface area contributed by atoms with Crippen LogP contribution in [0.5, 0.6) is 0 Å². The smallest absolute Gasteiger partial charge is 0.0589 e. The topological polar surface area (TPSA) is 19.4 Å². The van der Waals surface area contributed by atoms with Gasteiger partial charge in [-0.25, -0.2) is 0 Å². The fraction of sp³-hybridized carbons (Fsp3) is 0.353. The van der Waals surface area contributed by atoms with E-state index in [1.54, 1.807) is 0 Å². The molecule has 1 aromatic heterocycles. The van der Waals surface area contributed by atoms with Crippen LogP contribution in [0.3, 0.4) is 0 Å². The van der Waals surface area contributed by atoms with Gasteiger partial charge in [0, 0.05) is 38.9 Å². The molecule has 0 radical (unpaired) electrons. The van der Waals surface area contributed by atoms with E-state index in [2.05, 4.69) is 46.1 Å². The van der Waals surface area contributed by atoms with Gasteiger partial charge in [0.2, 0.25) is 0 Å². The van der Waals surface area contributed by atoms with E-state index >= 15 is 0 Å². The Balaban J connectivity index is 1.50. The maximum Gasteiger partial charge on any atom is 0.0589 e. The highest BCUT2D eigenvalue weighted by Gasteiger charge is 2.21. The lowest BCUT2D eigenvalue weighted by molar-refractivity contribution is 0.274. The molecule has 0 fully saturated rings. The van der Waals surface area contributed by atoms with Crippen LogP contribution in [0, 0.1) is 0 Å². The van der Waals surface area contributed by atoms with E-state index in [1.807, 2.05) is 12.3 Å². The molecule has 3 nitrogen and oxygen atoms in total. The zero-order chi connectivity index (χ0) is 13.5. The normalized spacial score (nSPS) is 18.2. The predicted octanol–water partition coefficient (Wildman–Crippen LogP) is 2.54. The van der Waals surface area contributed by atoms with Gasteiger partial charge in [0.15, 0.2) is 0 Å². The molecule has 0 atom stereocenters. The number of aromatic nitrogens is 1. The third-order valence-corrected chi connectivity index (χ3v) is 4.31. The first-order valence-electron chi connectivity index (χ1n) is 7.22. The van der Waals surface area contributed by atoms with Crippen LogP contribution in [0.15, 0.2) is 36.5 Å². The van der Waals surface area contributed by atoms with Crippen LogP contribution in [-0.2, 0) is 32.7 Å². The minimum absolute atomic E-state index is 0.979. The Bertz CT molecular complexity index is 625. The second kappa shape index (κ2) is 4.69. The predicted molar refractivity (Wildman–Crippen MR) is 78.8 cm³/mol. The van der Waals surface area contributed by atoms with Crippen molar-refractivity contribution in [2.75, 3.05) is 7.05 Å². The molecule has 0 amide bonds. The molecule has 0 unspecified atom stereocenters.